The third-order valence-electron chi connectivity index (χ3n) is 4.81. The van der Waals surface area contributed by atoms with Gasteiger partial charge in [-0.05, 0) is 52.3 Å². The van der Waals surface area contributed by atoms with Crippen molar-refractivity contribution in [2.45, 2.75) is 6.18 Å². The predicted octanol–water partition coefficient (Wildman–Crippen LogP) is 5.45. The van der Waals surface area contributed by atoms with E-state index in [1.54, 1.807) is 36.4 Å². The summed E-state index contributed by atoms with van der Waals surface area (Å²) in [4.78, 5) is 17.2. The number of nitrogens with zero attached hydrogens (tertiary/aromatic N) is 3. The number of amides is 1. The fourth-order valence-electron chi connectivity index (χ4n) is 3.22. The molecule has 0 saturated heterocycles. The Hall–Kier alpha value is -3.60. The SMILES string of the molecule is COc1ccc(-c2cc(C(F)(F)F)n3ncc(C(=O)Nc4ccccc4Br)c3n2)cc1OC. The van der Waals surface area contributed by atoms with Gasteiger partial charge >= 0.3 is 6.18 Å². The van der Waals surface area contributed by atoms with Gasteiger partial charge in [0.1, 0.15) is 5.56 Å². The van der Waals surface area contributed by atoms with Crippen LogP contribution >= 0.6 is 15.9 Å². The quantitative estimate of drug-likeness (QED) is 0.378. The highest BCUT2D eigenvalue weighted by Crippen LogP contribution is 2.36. The molecule has 11 heteroatoms. The van der Waals surface area contributed by atoms with E-state index in [0.29, 0.717) is 31.7 Å². The minimum absolute atomic E-state index is 0.00813. The van der Waals surface area contributed by atoms with E-state index in [1.807, 2.05) is 0 Å². The van der Waals surface area contributed by atoms with Gasteiger partial charge in [-0.15, -0.1) is 0 Å². The molecule has 7 nitrogen and oxygen atoms in total. The molecule has 170 valence electrons. The molecule has 0 bridgehead atoms. The van der Waals surface area contributed by atoms with Gasteiger partial charge in [-0.1, -0.05) is 12.1 Å². The third kappa shape index (κ3) is 4.36. The number of anilines is 1. The van der Waals surface area contributed by atoms with Crippen LogP contribution in [0.1, 0.15) is 16.1 Å². The van der Waals surface area contributed by atoms with Crippen molar-refractivity contribution in [3.05, 3.63) is 70.5 Å². The summed E-state index contributed by atoms with van der Waals surface area (Å²) in [6.45, 7) is 0. The van der Waals surface area contributed by atoms with Crippen molar-refractivity contribution in [3.8, 4) is 22.8 Å². The van der Waals surface area contributed by atoms with Crippen LogP contribution in [-0.2, 0) is 6.18 Å². The fraction of sp³-hybridized carbons (Fsp3) is 0.136. The van der Waals surface area contributed by atoms with Crippen molar-refractivity contribution in [2.24, 2.45) is 0 Å². The number of benzene rings is 2. The number of methoxy groups -OCH3 is 2. The number of carbonyl (C=O) groups excluding carboxylic acids is 1. The first-order chi connectivity index (χ1) is 15.7. The van der Waals surface area contributed by atoms with Crippen molar-refractivity contribution in [3.63, 3.8) is 0 Å². The zero-order chi connectivity index (χ0) is 23.8. The second-order valence-electron chi connectivity index (χ2n) is 6.82. The molecule has 0 aliphatic rings. The largest absolute Gasteiger partial charge is 0.493 e. The average molecular weight is 521 g/mol. The molecule has 0 fully saturated rings. The number of hydrogen-bond donors (Lipinski definition) is 1. The Kier molecular flexibility index (Phi) is 5.98. The summed E-state index contributed by atoms with van der Waals surface area (Å²) >= 11 is 3.32. The number of ether oxygens (including phenoxy) is 2. The third-order valence-corrected chi connectivity index (χ3v) is 5.50. The highest BCUT2D eigenvalue weighted by atomic mass is 79.9. The number of fused-ring (bicyclic) bond motifs is 1. The van der Waals surface area contributed by atoms with Crippen LogP contribution < -0.4 is 14.8 Å². The van der Waals surface area contributed by atoms with Crippen LogP contribution in [0.25, 0.3) is 16.9 Å². The Balaban J connectivity index is 1.86. The maximum absolute atomic E-state index is 13.8. The van der Waals surface area contributed by atoms with Crippen LogP contribution in [0.15, 0.2) is 59.2 Å². The Bertz CT molecular complexity index is 1350. The van der Waals surface area contributed by atoms with Crippen LogP contribution in [0.5, 0.6) is 11.5 Å². The number of carbonyl (C=O) groups is 1. The van der Waals surface area contributed by atoms with E-state index in [4.69, 9.17) is 9.47 Å². The Morgan fingerprint density at radius 1 is 1.06 bits per heavy atom. The summed E-state index contributed by atoms with van der Waals surface area (Å²) in [5, 5.41) is 6.44. The minimum atomic E-state index is -4.74. The number of hydrogen-bond acceptors (Lipinski definition) is 5. The molecule has 2 heterocycles. The summed E-state index contributed by atoms with van der Waals surface area (Å²) in [6.07, 6.45) is -3.68. The number of nitrogens with one attached hydrogen (secondary N) is 1. The van der Waals surface area contributed by atoms with Crippen LogP contribution in [0.4, 0.5) is 18.9 Å². The molecule has 1 amide bonds. The lowest BCUT2D eigenvalue weighted by Gasteiger charge is -2.13. The number of halogens is 4. The summed E-state index contributed by atoms with van der Waals surface area (Å²) in [5.74, 6) is 0.0869. The van der Waals surface area contributed by atoms with E-state index in [-0.39, 0.29) is 16.9 Å². The highest BCUT2D eigenvalue weighted by Gasteiger charge is 2.36. The van der Waals surface area contributed by atoms with Crippen LogP contribution in [0, 0.1) is 0 Å². The zero-order valence-corrected chi connectivity index (χ0v) is 18.9. The van der Waals surface area contributed by atoms with Crippen molar-refractivity contribution in [2.75, 3.05) is 19.5 Å². The Labute approximate surface area is 194 Å². The first-order valence-corrected chi connectivity index (χ1v) is 10.3. The maximum atomic E-state index is 13.8. The van der Waals surface area contributed by atoms with Crippen LogP contribution in [-0.4, -0.2) is 34.7 Å². The summed E-state index contributed by atoms with van der Waals surface area (Å²) < 4.78 is 53.2. The van der Waals surface area contributed by atoms with E-state index in [9.17, 15) is 18.0 Å². The lowest BCUT2D eigenvalue weighted by atomic mass is 10.1. The lowest BCUT2D eigenvalue weighted by Crippen LogP contribution is -2.16. The lowest BCUT2D eigenvalue weighted by molar-refractivity contribution is -0.142. The van der Waals surface area contributed by atoms with Gasteiger partial charge in [-0.25, -0.2) is 9.50 Å². The molecule has 0 radical (unpaired) electrons. The Morgan fingerprint density at radius 3 is 2.45 bits per heavy atom. The highest BCUT2D eigenvalue weighted by molar-refractivity contribution is 9.10. The summed E-state index contributed by atoms with van der Waals surface area (Å²) in [5.41, 5.74) is -0.630. The molecule has 2 aromatic carbocycles. The normalized spacial score (nSPS) is 11.5. The molecule has 2 aromatic heterocycles. The van der Waals surface area contributed by atoms with Gasteiger partial charge in [0.05, 0.1) is 31.8 Å². The zero-order valence-electron chi connectivity index (χ0n) is 17.3. The summed E-state index contributed by atoms with van der Waals surface area (Å²) in [6, 6.07) is 12.3. The molecule has 0 atom stereocenters. The molecule has 0 spiro atoms. The molecule has 4 rings (SSSR count). The second-order valence-corrected chi connectivity index (χ2v) is 7.68. The molecule has 4 aromatic rings. The molecule has 0 saturated carbocycles. The molecule has 0 aliphatic heterocycles. The monoisotopic (exact) mass is 520 g/mol. The molecule has 0 aliphatic carbocycles. The van der Waals surface area contributed by atoms with Crippen molar-refractivity contribution < 1.29 is 27.4 Å². The Morgan fingerprint density at radius 2 is 1.79 bits per heavy atom. The minimum Gasteiger partial charge on any atom is -0.493 e. The van der Waals surface area contributed by atoms with Crippen LogP contribution in [0.3, 0.4) is 0 Å². The average Bonchev–Trinajstić information content (AvgIpc) is 3.22. The maximum Gasteiger partial charge on any atom is 0.433 e. The van der Waals surface area contributed by atoms with Gasteiger partial charge in [0.25, 0.3) is 5.91 Å². The van der Waals surface area contributed by atoms with Gasteiger partial charge < -0.3 is 14.8 Å². The molecule has 1 N–H and O–H groups in total. The van der Waals surface area contributed by atoms with E-state index < -0.39 is 17.8 Å². The van der Waals surface area contributed by atoms with Crippen molar-refractivity contribution in [1.29, 1.82) is 0 Å². The molecular formula is C22H16BrF3N4O3. The van der Waals surface area contributed by atoms with E-state index in [0.717, 1.165) is 12.3 Å². The van der Waals surface area contributed by atoms with Gasteiger partial charge in [0.2, 0.25) is 0 Å². The second kappa shape index (κ2) is 8.74. The first-order valence-electron chi connectivity index (χ1n) is 9.47. The number of para-hydroxylation sites is 1. The summed E-state index contributed by atoms with van der Waals surface area (Å²) in [7, 11) is 2.87. The predicted molar refractivity (Wildman–Crippen MR) is 119 cm³/mol. The van der Waals surface area contributed by atoms with Crippen molar-refractivity contribution >= 4 is 33.2 Å². The van der Waals surface area contributed by atoms with Gasteiger partial charge in [-0.2, -0.15) is 18.3 Å². The van der Waals surface area contributed by atoms with Gasteiger partial charge in [0.15, 0.2) is 22.8 Å². The topological polar surface area (TPSA) is 77.8 Å². The van der Waals surface area contributed by atoms with Gasteiger partial charge in [0, 0.05) is 10.0 Å². The van der Waals surface area contributed by atoms with E-state index >= 15 is 0 Å². The van der Waals surface area contributed by atoms with Crippen molar-refractivity contribution in [1.82, 2.24) is 14.6 Å². The van der Waals surface area contributed by atoms with Gasteiger partial charge in [-0.3, -0.25) is 4.79 Å². The van der Waals surface area contributed by atoms with Crippen LogP contribution in [0.2, 0.25) is 0 Å². The number of alkyl halides is 3. The van der Waals surface area contributed by atoms with E-state index in [1.165, 1.54) is 20.3 Å². The standard InChI is InChI=1S/C22H16BrF3N4O3/c1-32-17-8-7-12(9-18(17)33-2)16-10-19(22(24,25)26)30-20(28-16)13(11-27-30)21(31)29-15-6-4-3-5-14(15)23/h3-11H,1-2H3,(H,29,31). The fourth-order valence-corrected chi connectivity index (χ4v) is 3.60. The number of rotatable bonds is 5. The smallest absolute Gasteiger partial charge is 0.433 e. The number of aromatic nitrogens is 3. The first kappa shape index (κ1) is 22.6. The molecular weight excluding hydrogens is 505 g/mol. The van der Waals surface area contributed by atoms with E-state index in [2.05, 4.69) is 31.3 Å². The molecule has 0 unspecified atom stereocenters. The molecule has 33 heavy (non-hydrogen) atoms.